The Balaban J connectivity index is 0.00000161. The van der Waals surface area contributed by atoms with Crippen LogP contribution >= 0.6 is 12.4 Å². The van der Waals surface area contributed by atoms with E-state index >= 15 is 0 Å². The van der Waals surface area contributed by atoms with Gasteiger partial charge in [-0.25, -0.2) is 0 Å². The molecule has 0 aromatic heterocycles. The van der Waals surface area contributed by atoms with Crippen molar-refractivity contribution in [1.82, 2.24) is 0 Å². The van der Waals surface area contributed by atoms with Gasteiger partial charge in [0.15, 0.2) is 0 Å². The maximum Gasteiger partial charge on any atom is 0.0344 e. The van der Waals surface area contributed by atoms with Crippen LogP contribution in [0.15, 0.2) is 66.7 Å². The Kier molecular flexibility index (Phi) is 4.66. The maximum atomic E-state index is 6.47. The fraction of sp³-hybridized carbons (Fsp3) is 0.158. The van der Waals surface area contributed by atoms with Gasteiger partial charge < -0.3 is 5.73 Å². The van der Waals surface area contributed by atoms with Crippen LogP contribution in [-0.2, 0) is 0 Å². The fourth-order valence-electron chi connectivity index (χ4n) is 2.93. The molecule has 3 rings (SSSR count). The molecule has 3 aromatic rings. The van der Waals surface area contributed by atoms with E-state index in [0.29, 0.717) is 0 Å². The van der Waals surface area contributed by atoms with Gasteiger partial charge in [0.05, 0.1) is 0 Å². The molecule has 2 N–H and O–H groups in total. The Morgan fingerprint density at radius 2 is 1.48 bits per heavy atom. The molecule has 0 aliphatic rings. The van der Waals surface area contributed by atoms with Crippen LogP contribution in [0, 0.1) is 0 Å². The normalized spacial score (nSPS) is 12.1. The molecule has 0 unspecified atom stereocenters. The third-order valence-electron chi connectivity index (χ3n) is 3.75. The first-order valence-corrected chi connectivity index (χ1v) is 6.97. The summed E-state index contributed by atoms with van der Waals surface area (Å²) in [4.78, 5) is 0. The van der Waals surface area contributed by atoms with Crippen molar-refractivity contribution >= 4 is 34.0 Å². The largest absolute Gasteiger partial charge is 0.324 e. The lowest BCUT2D eigenvalue weighted by molar-refractivity contribution is 0.728. The summed E-state index contributed by atoms with van der Waals surface area (Å²) in [6.07, 6.45) is 0.817. The van der Waals surface area contributed by atoms with Crippen LogP contribution in [0.4, 0.5) is 0 Å². The van der Waals surface area contributed by atoms with E-state index in [9.17, 15) is 0 Å². The van der Waals surface area contributed by atoms with Crippen LogP contribution in [0.25, 0.3) is 21.5 Å². The number of rotatable bonds is 3. The molecular formula is C19H20ClN. The monoisotopic (exact) mass is 297 g/mol. The molecule has 0 saturated heterocycles. The molecule has 3 aromatic carbocycles. The molecule has 0 aliphatic heterocycles. The molecule has 0 radical (unpaired) electrons. The summed E-state index contributed by atoms with van der Waals surface area (Å²) in [6, 6.07) is 19.2. The van der Waals surface area contributed by atoms with Crippen molar-refractivity contribution in [3.8, 4) is 0 Å². The lowest BCUT2D eigenvalue weighted by atomic mass is 9.90. The van der Waals surface area contributed by atoms with Crippen LogP contribution < -0.4 is 5.73 Å². The van der Waals surface area contributed by atoms with E-state index in [-0.39, 0.29) is 18.4 Å². The average molecular weight is 298 g/mol. The zero-order chi connectivity index (χ0) is 14.1. The standard InChI is InChI=1S/C19H19N.ClH/c1-13(2)11-18(20)19-16-9-5-3-7-14(16)12-15-8-4-6-10-17(15)19;/h3-10,12,18H,1,11,20H2,2H3;1H/t18-;/m1./s1. The predicted octanol–water partition coefficient (Wildman–Crippen LogP) is 5.38. The van der Waals surface area contributed by atoms with Gasteiger partial charge in [-0.2, -0.15) is 0 Å². The van der Waals surface area contributed by atoms with Gasteiger partial charge in [0.2, 0.25) is 0 Å². The number of hydrogen-bond acceptors (Lipinski definition) is 1. The molecule has 1 nitrogen and oxygen atoms in total. The van der Waals surface area contributed by atoms with Gasteiger partial charge in [-0.05, 0) is 46.5 Å². The van der Waals surface area contributed by atoms with E-state index in [1.54, 1.807) is 0 Å². The van der Waals surface area contributed by atoms with Crippen molar-refractivity contribution in [1.29, 1.82) is 0 Å². The third kappa shape index (κ3) is 2.94. The molecule has 21 heavy (non-hydrogen) atoms. The highest BCUT2D eigenvalue weighted by atomic mass is 35.5. The summed E-state index contributed by atoms with van der Waals surface area (Å²) in [7, 11) is 0. The summed E-state index contributed by atoms with van der Waals surface area (Å²) >= 11 is 0. The number of nitrogens with two attached hydrogens (primary N) is 1. The molecule has 0 aliphatic carbocycles. The minimum atomic E-state index is -0.0106. The SMILES string of the molecule is C=C(C)C[C@@H](N)c1c2ccccc2cc2ccccc12.Cl. The van der Waals surface area contributed by atoms with Gasteiger partial charge in [0.25, 0.3) is 0 Å². The molecule has 0 fully saturated rings. The van der Waals surface area contributed by atoms with Crippen molar-refractivity contribution in [2.75, 3.05) is 0 Å². The van der Waals surface area contributed by atoms with Gasteiger partial charge in [-0.1, -0.05) is 54.1 Å². The van der Waals surface area contributed by atoms with Gasteiger partial charge >= 0.3 is 0 Å². The van der Waals surface area contributed by atoms with Crippen molar-refractivity contribution in [2.24, 2.45) is 5.73 Å². The topological polar surface area (TPSA) is 26.0 Å². The van der Waals surface area contributed by atoms with E-state index in [1.165, 1.54) is 27.1 Å². The molecule has 0 heterocycles. The van der Waals surface area contributed by atoms with Crippen molar-refractivity contribution in [3.05, 3.63) is 72.3 Å². The van der Waals surface area contributed by atoms with Crippen LogP contribution in [0.1, 0.15) is 24.9 Å². The Labute approximate surface area is 131 Å². The predicted molar refractivity (Wildman–Crippen MR) is 95.1 cm³/mol. The summed E-state index contributed by atoms with van der Waals surface area (Å²) < 4.78 is 0. The first-order chi connectivity index (χ1) is 9.66. The van der Waals surface area contributed by atoms with E-state index < -0.39 is 0 Å². The highest BCUT2D eigenvalue weighted by Gasteiger charge is 2.14. The molecule has 0 bridgehead atoms. The second-order valence-corrected chi connectivity index (χ2v) is 5.50. The Morgan fingerprint density at radius 3 is 1.95 bits per heavy atom. The lowest BCUT2D eigenvalue weighted by Gasteiger charge is -2.18. The molecular weight excluding hydrogens is 278 g/mol. The Morgan fingerprint density at radius 1 is 1.00 bits per heavy atom. The third-order valence-corrected chi connectivity index (χ3v) is 3.75. The van der Waals surface area contributed by atoms with E-state index in [0.717, 1.165) is 12.0 Å². The van der Waals surface area contributed by atoms with Gasteiger partial charge in [0.1, 0.15) is 0 Å². The van der Waals surface area contributed by atoms with Crippen LogP contribution in [-0.4, -0.2) is 0 Å². The molecule has 0 amide bonds. The van der Waals surface area contributed by atoms with Gasteiger partial charge in [-0.15, -0.1) is 19.0 Å². The summed E-state index contributed by atoms with van der Waals surface area (Å²) in [5.74, 6) is 0. The maximum absolute atomic E-state index is 6.47. The van der Waals surface area contributed by atoms with Gasteiger partial charge in [-0.3, -0.25) is 0 Å². The highest BCUT2D eigenvalue weighted by Crippen LogP contribution is 2.33. The van der Waals surface area contributed by atoms with Crippen LogP contribution in [0.2, 0.25) is 0 Å². The number of fused-ring (bicyclic) bond motifs is 2. The van der Waals surface area contributed by atoms with Crippen LogP contribution in [0.5, 0.6) is 0 Å². The first-order valence-electron chi connectivity index (χ1n) is 6.97. The second kappa shape index (κ2) is 6.30. The quantitative estimate of drug-likeness (QED) is 0.510. The Hall–Kier alpha value is -1.83. The lowest BCUT2D eigenvalue weighted by Crippen LogP contribution is -2.11. The second-order valence-electron chi connectivity index (χ2n) is 5.50. The van der Waals surface area contributed by atoms with Crippen molar-refractivity contribution in [3.63, 3.8) is 0 Å². The fourth-order valence-corrected chi connectivity index (χ4v) is 2.93. The number of hydrogen-bond donors (Lipinski definition) is 1. The minimum absolute atomic E-state index is 0. The number of benzene rings is 3. The molecule has 0 spiro atoms. The zero-order valence-corrected chi connectivity index (χ0v) is 13.0. The van der Waals surface area contributed by atoms with Crippen molar-refractivity contribution in [2.45, 2.75) is 19.4 Å². The highest BCUT2D eigenvalue weighted by molar-refractivity contribution is 6.02. The molecule has 2 heteroatoms. The zero-order valence-electron chi connectivity index (χ0n) is 12.2. The van der Waals surface area contributed by atoms with Crippen molar-refractivity contribution < 1.29 is 0 Å². The molecule has 0 saturated carbocycles. The summed E-state index contributed by atoms with van der Waals surface area (Å²) in [5, 5.41) is 5.00. The summed E-state index contributed by atoms with van der Waals surface area (Å²) in [5.41, 5.74) is 8.82. The number of halogens is 1. The summed E-state index contributed by atoms with van der Waals surface area (Å²) in [6.45, 7) is 6.04. The Bertz CT molecular complexity index is 738. The molecule has 108 valence electrons. The average Bonchev–Trinajstić information content (AvgIpc) is 2.43. The van der Waals surface area contributed by atoms with E-state index in [2.05, 4.69) is 61.2 Å². The smallest absolute Gasteiger partial charge is 0.0344 e. The van der Waals surface area contributed by atoms with E-state index in [4.69, 9.17) is 5.73 Å². The minimum Gasteiger partial charge on any atom is -0.324 e. The molecule has 1 atom stereocenters. The first kappa shape index (κ1) is 15.6. The van der Waals surface area contributed by atoms with Gasteiger partial charge in [0, 0.05) is 6.04 Å². The van der Waals surface area contributed by atoms with Crippen LogP contribution in [0.3, 0.4) is 0 Å². The van der Waals surface area contributed by atoms with E-state index in [1.807, 2.05) is 6.92 Å².